The lowest BCUT2D eigenvalue weighted by atomic mass is 10.1. The van der Waals surface area contributed by atoms with E-state index in [4.69, 9.17) is 4.74 Å². The third-order valence-corrected chi connectivity index (χ3v) is 2.28. The van der Waals surface area contributed by atoms with Gasteiger partial charge in [-0.3, -0.25) is 4.99 Å². The van der Waals surface area contributed by atoms with Crippen LogP contribution in [0.2, 0.25) is 0 Å². The van der Waals surface area contributed by atoms with E-state index in [1.54, 1.807) is 13.1 Å². The lowest BCUT2D eigenvalue weighted by molar-refractivity contribution is 0.449. The van der Waals surface area contributed by atoms with Gasteiger partial charge in [-0.05, 0) is 24.1 Å². The largest absolute Gasteiger partial charge is 0.455 e. The summed E-state index contributed by atoms with van der Waals surface area (Å²) in [5.41, 5.74) is 0.939. The fraction of sp³-hybridized carbons (Fsp3) is 0.267. The van der Waals surface area contributed by atoms with Gasteiger partial charge in [-0.1, -0.05) is 44.7 Å². The Labute approximate surface area is 103 Å². The van der Waals surface area contributed by atoms with Crippen molar-refractivity contribution in [3.05, 3.63) is 54.8 Å². The van der Waals surface area contributed by atoms with Crippen LogP contribution in [0.5, 0.6) is 5.75 Å². The zero-order chi connectivity index (χ0) is 12.7. The maximum atomic E-state index is 5.83. The maximum Gasteiger partial charge on any atom is 0.148 e. The fourth-order valence-corrected chi connectivity index (χ4v) is 1.55. The molecule has 0 aliphatic heterocycles. The Morgan fingerprint density at radius 1 is 1.29 bits per heavy atom. The van der Waals surface area contributed by atoms with Crippen LogP contribution < -0.4 is 4.74 Å². The molecule has 0 unspecified atom stereocenters. The molecule has 2 nitrogen and oxygen atoms in total. The van der Waals surface area contributed by atoms with E-state index < -0.39 is 0 Å². The highest BCUT2D eigenvalue weighted by Crippen LogP contribution is 2.16. The number of rotatable bonds is 5. The highest BCUT2D eigenvalue weighted by Gasteiger charge is 2.12. The molecule has 1 aromatic carbocycles. The standard InChI is InChI=1S/C15H19NO/c1-5-9-14(15(16-4)12(2)3)17-13-10-7-6-8-11-13/h5-12H,1H2,2-4H3/b14-9+,16-15?. The summed E-state index contributed by atoms with van der Waals surface area (Å²) in [4.78, 5) is 4.28. The van der Waals surface area contributed by atoms with Crippen molar-refractivity contribution in [2.75, 3.05) is 7.05 Å². The molecule has 1 rings (SSSR count). The molecule has 0 aromatic heterocycles. The van der Waals surface area contributed by atoms with Gasteiger partial charge in [0, 0.05) is 7.05 Å². The van der Waals surface area contributed by atoms with Crippen molar-refractivity contribution < 1.29 is 4.74 Å². The summed E-state index contributed by atoms with van der Waals surface area (Å²) in [7, 11) is 1.78. The first-order valence-corrected chi connectivity index (χ1v) is 5.71. The molecule has 0 fully saturated rings. The van der Waals surface area contributed by atoms with Crippen molar-refractivity contribution >= 4 is 5.71 Å². The first kappa shape index (κ1) is 13.2. The first-order valence-electron chi connectivity index (χ1n) is 5.71. The van der Waals surface area contributed by atoms with Gasteiger partial charge in [0.2, 0.25) is 0 Å². The number of hydrogen-bond acceptors (Lipinski definition) is 2. The van der Waals surface area contributed by atoms with Crippen LogP contribution in [-0.4, -0.2) is 12.8 Å². The molecular formula is C15H19NO. The van der Waals surface area contributed by atoms with Crippen LogP contribution in [-0.2, 0) is 0 Å². The van der Waals surface area contributed by atoms with Crippen molar-refractivity contribution in [3.63, 3.8) is 0 Å². The van der Waals surface area contributed by atoms with E-state index in [-0.39, 0.29) is 0 Å². The second-order valence-corrected chi connectivity index (χ2v) is 3.95. The zero-order valence-electron chi connectivity index (χ0n) is 10.7. The average molecular weight is 229 g/mol. The van der Waals surface area contributed by atoms with E-state index in [0.717, 1.165) is 17.2 Å². The zero-order valence-corrected chi connectivity index (χ0v) is 10.7. The van der Waals surface area contributed by atoms with Crippen LogP contribution in [0.3, 0.4) is 0 Å². The minimum atomic E-state index is 0.315. The molecule has 0 saturated heterocycles. The summed E-state index contributed by atoms with van der Waals surface area (Å²) in [6, 6.07) is 9.69. The van der Waals surface area contributed by atoms with Crippen LogP contribution in [0.4, 0.5) is 0 Å². The number of nitrogens with zero attached hydrogens (tertiary/aromatic N) is 1. The SMILES string of the molecule is C=C/C=C(/Oc1ccccc1)C(=NC)C(C)C. The molecule has 0 spiro atoms. The molecule has 0 bridgehead atoms. The molecule has 17 heavy (non-hydrogen) atoms. The third kappa shape index (κ3) is 3.91. The van der Waals surface area contributed by atoms with Gasteiger partial charge in [-0.15, -0.1) is 0 Å². The van der Waals surface area contributed by atoms with Crippen LogP contribution in [0.1, 0.15) is 13.8 Å². The van der Waals surface area contributed by atoms with Gasteiger partial charge in [-0.2, -0.15) is 0 Å². The molecular weight excluding hydrogens is 210 g/mol. The molecule has 0 aliphatic rings. The molecule has 90 valence electrons. The maximum absolute atomic E-state index is 5.83. The van der Waals surface area contributed by atoms with Crippen molar-refractivity contribution in [1.29, 1.82) is 0 Å². The first-order chi connectivity index (χ1) is 8.19. The van der Waals surface area contributed by atoms with Gasteiger partial charge in [0.15, 0.2) is 0 Å². The molecule has 0 amide bonds. The van der Waals surface area contributed by atoms with Gasteiger partial charge in [0.25, 0.3) is 0 Å². The molecule has 0 N–H and O–H groups in total. The second kappa shape index (κ2) is 6.69. The Kier molecular flexibility index (Phi) is 5.21. The van der Waals surface area contributed by atoms with E-state index >= 15 is 0 Å². The Balaban J connectivity index is 2.96. The summed E-state index contributed by atoms with van der Waals surface area (Å²) in [5, 5.41) is 0. The number of ether oxygens (including phenoxy) is 1. The van der Waals surface area contributed by atoms with E-state index in [2.05, 4.69) is 25.4 Å². The minimum absolute atomic E-state index is 0.315. The Bertz CT molecular complexity index is 416. The summed E-state index contributed by atoms with van der Waals surface area (Å²) >= 11 is 0. The van der Waals surface area contributed by atoms with Gasteiger partial charge in [-0.25, -0.2) is 0 Å². The average Bonchev–Trinajstić information content (AvgIpc) is 2.31. The summed E-state index contributed by atoms with van der Waals surface area (Å²) in [6.45, 7) is 7.89. The summed E-state index contributed by atoms with van der Waals surface area (Å²) in [5.74, 6) is 1.88. The lowest BCUT2D eigenvalue weighted by Gasteiger charge is -2.14. The summed E-state index contributed by atoms with van der Waals surface area (Å²) < 4.78 is 5.83. The van der Waals surface area contributed by atoms with Gasteiger partial charge < -0.3 is 4.74 Å². The van der Waals surface area contributed by atoms with Gasteiger partial charge >= 0.3 is 0 Å². The van der Waals surface area contributed by atoms with Crippen molar-refractivity contribution in [1.82, 2.24) is 0 Å². The van der Waals surface area contributed by atoms with Gasteiger partial charge in [0.1, 0.15) is 11.5 Å². The van der Waals surface area contributed by atoms with Crippen LogP contribution >= 0.6 is 0 Å². The Morgan fingerprint density at radius 3 is 2.41 bits per heavy atom. The quantitative estimate of drug-likeness (QED) is 0.427. The van der Waals surface area contributed by atoms with Gasteiger partial charge in [0.05, 0.1) is 5.71 Å². The van der Waals surface area contributed by atoms with Crippen molar-refractivity contribution in [2.24, 2.45) is 10.9 Å². The predicted molar refractivity (Wildman–Crippen MR) is 73.5 cm³/mol. The molecule has 0 radical (unpaired) electrons. The van der Waals surface area contributed by atoms with Crippen molar-refractivity contribution in [2.45, 2.75) is 13.8 Å². The highest BCUT2D eigenvalue weighted by molar-refractivity contribution is 6.00. The number of allylic oxidation sites excluding steroid dienone is 3. The van der Waals surface area contributed by atoms with Crippen molar-refractivity contribution in [3.8, 4) is 5.75 Å². The van der Waals surface area contributed by atoms with E-state index in [0.29, 0.717) is 5.92 Å². The fourth-order valence-electron chi connectivity index (χ4n) is 1.55. The number of benzene rings is 1. The van der Waals surface area contributed by atoms with Crippen LogP contribution in [0.15, 0.2) is 59.8 Å². The smallest absolute Gasteiger partial charge is 0.148 e. The monoisotopic (exact) mass is 229 g/mol. The molecule has 0 atom stereocenters. The number of aliphatic imine (C=N–C) groups is 1. The molecule has 2 heteroatoms. The van der Waals surface area contributed by atoms with E-state index in [1.165, 1.54) is 0 Å². The molecule has 0 saturated carbocycles. The Morgan fingerprint density at radius 2 is 1.94 bits per heavy atom. The minimum Gasteiger partial charge on any atom is -0.455 e. The summed E-state index contributed by atoms with van der Waals surface area (Å²) in [6.07, 6.45) is 3.56. The normalized spacial score (nSPS) is 12.7. The van der Waals surface area contributed by atoms with Crippen LogP contribution in [0.25, 0.3) is 0 Å². The third-order valence-electron chi connectivity index (χ3n) is 2.28. The molecule has 0 aliphatic carbocycles. The van der Waals surface area contributed by atoms with E-state index in [1.807, 2.05) is 36.4 Å². The number of hydrogen-bond donors (Lipinski definition) is 0. The lowest BCUT2D eigenvalue weighted by Crippen LogP contribution is -2.15. The predicted octanol–water partition coefficient (Wildman–Crippen LogP) is 3.86. The highest BCUT2D eigenvalue weighted by atomic mass is 16.5. The van der Waals surface area contributed by atoms with Crippen LogP contribution in [0, 0.1) is 5.92 Å². The number of para-hydroxylation sites is 1. The topological polar surface area (TPSA) is 21.6 Å². The second-order valence-electron chi connectivity index (χ2n) is 3.95. The van der Waals surface area contributed by atoms with E-state index in [9.17, 15) is 0 Å². The Hall–Kier alpha value is -1.83. The molecule has 1 aromatic rings. The molecule has 0 heterocycles.